The topological polar surface area (TPSA) is 42.8 Å². The van der Waals surface area contributed by atoms with Gasteiger partial charge < -0.3 is 9.47 Å². The summed E-state index contributed by atoms with van der Waals surface area (Å²) in [6, 6.07) is 18.2. The lowest BCUT2D eigenvalue weighted by atomic mass is 10.2. The maximum atomic E-state index is 6.07. The lowest BCUT2D eigenvalue weighted by molar-refractivity contribution is 0.284. The molecule has 144 valence electrons. The van der Waals surface area contributed by atoms with Crippen LogP contribution in [0, 0.1) is 0 Å². The number of anilines is 1. The monoisotopic (exact) mass is 434 g/mol. The third kappa shape index (κ3) is 5.32. The number of benzene rings is 3. The Balaban J connectivity index is 1.77. The molecule has 3 rings (SSSR count). The molecule has 0 saturated carbocycles. The summed E-state index contributed by atoms with van der Waals surface area (Å²) in [4.78, 5) is 0. The molecule has 3 aromatic carbocycles. The predicted octanol–water partition coefficient (Wildman–Crippen LogP) is 6.68. The zero-order valence-electron chi connectivity index (χ0n) is 15.0. The van der Waals surface area contributed by atoms with Crippen molar-refractivity contribution in [3.63, 3.8) is 0 Å². The Morgan fingerprint density at radius 2 is 1.79 bits per heavy atom. The van der Waals surface area contributed by atoms with Crippen LogP contribution in [-0.2, 0) is 6.61 Å². The predicted molar refractivity (Wildman–Crippen MR) is 116 cm³/mol. The normalized spacial score (nSPS) is 10.9. The molecule has 3 aromatic rings. The molecule has 0 aliphatic carbocycles. The summed E-state index contributed by atoms with van der Waals surface area (Å²) in [6.45, 7) is 0.305. The molecule has 0 atom stereocenters. The van der Waals surface area contributed by atoms with E-state index in [1.807, 2.05) is 36.4 Å². The van der Waals surface area contributed by atoms with Crippen LogP contribution in [0.2, 0.25) is 15.1 Å². The van der Waals surface area contributed by atoms with Crippen LogP contribution in [0.3, 0.4) is 0 Å². The summed E-state index contributed by atoms with van der Waals surface area (Å²) >= 11 is 18.0. The van der Waals surface area contributed by atoms with Crippen molar-refractivity contribution in [2.45, 2.75) is 6.61 Å². The van der Waals surface area contributed by atoms with Crippen LogP contribution in [-0.4, -0.2) is 13.3 Å². The molecule has 0 heterocycles. The number of methoxy groups -OCH3 is 1. The van der Waals surface area contributed by atoms with Crippen molar-refractivity contribution >= 4 is 46.7 Å². The highest BCUT2D eigenvalue weighted by Crippen LogP contribution is 2.31. The number of nitrogens with zero attached hydrogens (tertiary/aromatic N) is 1. The highest BCUT2D eigenvalue weighted by Gasteiger charge is 2.10. The quantitative estimate of drug-likeness (QED) is 0.332. The van der Waals surface area contributed by atoms with Gasteiger partial charge in [0.25, 0.3) is 0 Å². The van der Waals surface area contributed by atoms with Gasteiger partial charge in [0, 0.05) is 10.6 Å². The number of ether oxygens (including phenoxy) is 2. The van der Waals surface area contributed by atoms with E-state index in [0.717, 1.165) is 16.8 Å². The summed E-state index contributed by atoms with van der Waals surface area (Å²) in [5, 5.41) is 5.88. The number of para-hydroxylation sites is 1. The number of hydrogen-bond acceptors (Lipinski definition) is 4. The van der Waals surface area contributed by atoms with Gasteiger partial charge in [0.2, 0.25) is 0 Å². The second kappa shape index (κ2) is 9.69. The van der Waals surface area contributed by atoms with E-state index >= 15 is 0 Å². The molecule has 4 nitrogen and oxygen atoms in total. The molecule has 0 fully saturated rings. The molecule has 0 spiro atoms. The number of hydrogen-bond donors (Lipinski definition) is 1. The average molecular weight is 436 g/mol. The van der Waals surface area contributed by atoms with E-state index in [1.54, 1.807) is 37.6 Å². The fourth-order valence-corrected chi connectivity index (χ4v) is 2.98. The average Bonchev–Trinajstić information content (AvgIpc) is 2.69. The van der Waals surface area contributed by atoms with Crippen molar-refractivity contribution < 1.29 is 9.47 Å². The molecule has 0 unspecified atom stereocenters. The minimum absolute atomic E-state index is 0.305. The molecule has 0 aromatic heterocycles. The SMILES string of the molecule is COc1cccc(C=NNc2cccc(Cl)c2)c1OCc1ccc(Cl)c(Cl)c1. The van der Waals surface area contributed by atoms with E-state index < -0.39 is 0 Å². The van der Waals surface area contributed by atoms with Crippen molar-refractivity contribution in [1.29, 1.82) is 0 Å². The smallest absolute Gasteiger partial charge is 0.170 e. The lowest BCUT2D eigenvalue weighted by Crippen LogP contribution is -2.01. The first-order valence-electron chi connectivity index (χ1n) is 8.35. The molecular formula is C21H17Cl3N2O2. The molecule has 0 aliphatic rings. The van der Waals surface area contributed by atoms with Gasteiger partial charge in [0.15, 0.2) is 11.5 Å². The van der Waals surface area contributed by atoms with Crippen LogP contribution in [0.25, 0.3) is 0 Å². The number of halogens is 3. The van der Waals surface area contributed by atoms with Crippen molar-refractivity contribution in [2.75, 3.05) is 12.5 Å². The van der Waals surface area contributed by atoms with Crippen LogP contribution in [0.4, 0.5) is 5.69 Å². The van der Waals surface area contributed by atoms with E-state index in [4.69, 9.17) is 44.3 Å². The van der Waals surface area contributed by atoms with Crippen molar-refractivity contribution in [3.8, 4) is 11.5 Å². The van der Waals surface area contributed by atoms with Gasteiger partial charge in [-0.3, -0.25) is 5.43 Å². The van der Waals surface area contributed by atoms with Gasteiger partial charge in [-0.25, -0.2) is 0 Å². The minimum Gasteiger partial charge on any atom is -0.493 e. The summed E-state index contributed by atoms with van der Waals surface area (Å²) in [7, 11) is 1.59. The highest BCUT2D eigenvalue weighted by molar-refractivity contribution is 6.42. The zero-order chi connectivity index (χ0) is 19.9. The van der Waals surface area contributed by atoms with Crippen LogP contribution in [0.1, 0.15) is 11.1 Å². The summed E-state index contributed by atoms with van der Waals surface area (Å²) in [5.41, 5.74) is 5.37. The third-order valence-corrected chi connectivity index (χ3v) is 4.79. The van der Waals surface area contributed by atoms with Gasteiger partial charge in [-0.2, -0.15) is 5.10 Å². The van der Waals surface area contributed by atoms with E-state index in [0.29, 0.717) is 33.2 Å². The Labute approximate surface area is 178 Å². The molecule has 0 saturated heterocycles. The van der Waals surface area contributed by atoms with Crippen molar-refractivity contribution in [1.82, 2.24) is 0 Å². The zero-order valence-corrected chi connectivity index (χ0v) is 17.2. The lowest BCUT2D eigenvalue weighted by Gasteiger charge is -2.13. The van der Waals surface area contributed by atoms with E-state index in [2.05, 4.69) is 10.5 Å². The first-order chi connectivity index (χ1) is 13.6. The van der Waals surface area contributed by atoms with Gasteiger partial charge in [0.05, 0.1) is 29.1 Å². The molecule has 0 amide bonds. The summed E-state index contributed by atoms with van der Waals surface area (Å²) in [6.07, 6.45) is 1.66. The number of rotatable bonds is 7. The van der Waals surface area contributed by atoms with Gasteiger partial charge in [0.1, 0.15) is 6.61 Å². The Morgan fingerprint density at radius 3 is 2.54 bits per heavy atom. The standard InChI is InChI=1S/C21H17Cl3N2O2/c1-27-20-7-2-4-15(12-25-26-17-6-3-5-16(22)11-17)21(20)28-13-14-8-9-18(23)19(24)10-14/h2-12,26H,13H2,1H3. The first kappa shape index (κ1) is 20.3. The Hall–Kier alpha value is -2.40. The molecular weight excluding hydrogens is 419 g/mol. The second-order valence-electron chi connectivity index (χ2n) is 5.80. The Bertz CT molecular complexity index is 993. The summed E-state index contributed by atoms with van der Waals surface area (Å²) < 4.78 is 11.4. The Morgan fingerprint density at radius 1 is 0.964 bits per heavy atom. The van der Waals surface area contributed by atoms with Crippen LogP contribution >= 0.6 is 34.8 Å². The summed E-state index contributed by atoms with van der Waals surface area (Å²) in [5.74, 6) is 1.18. The molecule has 0 aliphatic heterocycles. The maximum Gasteiger partial charge on any atom is 0.170 e. The minimum atomic E-state index is 0.305. The molecule has 7 heteroatoms. The fraction of sp³-hybridized carbons (Fsp3) is 0.0952. The van der Waals surface area contributed by atoms with Crippen LogP contribution < -0.4 is 14.9 Å². The fourth-order valence-electron chi connectivity index (χ4n) is 2.47. The maximum absolute atomic E-state index is 6.07. The molecule has 1 N–H and O–H groups in total. The van der Waals surface area contributed by atoms with Gasteiger partial charge >= 0.3 is 0 Å². The van der Waals surface area contributed by atoms with Crippen LogP contribution in [0.5, 0.6) is 11.5 Å². The van der Waals surface area contributed by atoms with Gasteiger partial charge in [-0.05, 0) is 48.0 Å². The largest absolute Gasteiger partial charge is 0.493 e. The van der Waals surface area contributed by atoms with Crippen molar-refractivity contribution in [2.24, 2.45) is 5.10 Å². The molecule has 0 radical (unpaired) electrons. The van der Waals surface area contributed by atoms with E-state index in [1.165, 1.54) is 0 Å². The third-order valence-electron chi connectivity index (χ3n) is 3.82. The number of hydrazone groups is 1. The first-order valence-corrected chi connectivity index (χ1v) is 9.48. The van der Waals surface area contributed by atoms with Crippen LogP contribution in [0.15, 0.2) is 65.8 Å². The van der Waals surface area contributed by atoms with Gasteiger partial charge in [-0.15, -0.1) is 0 Å². The molecule has 28 heavy (non-hydrogen) atoms. The van der Waals surface area contributed by atoms with Gasteiger partial charge in [-0.1, -0.05) is 53.0 Å². The number of nitrogens with one attached hydrogen (secondary N) is 1. The van der Waals surface area contributed by atoms with Crippen molar-refractivity contribution in [3.05, 3.63) is 86.9 Å². The van der Waals surface area contributed by atoms with E-state index in [-0.39, 0.29) is 0 Å². The highest BCUT2D eigenvalue weighted by atomic mass is 35.5. The molecule has 0 bridgehead atoms. The second-order valence-corrected chi connectivity index (χ2v) is 7.05. The Kier molecular flexibility index (Phi) is 7.04. The van der Waals surface area contributed by atoms with E-state index in [9.17, 15) is 0 Å².